The molecule has 3 rings (SSSR count). The molecular weight excluding hydrogens is 306 g/mol. The van der Waals surface area contributed by atoms with Gasteiger partial charge in [0, 0.05) is 6.42 Å². The number of anilines is 1. The van der Waals surface area contributed by atoms with Crippen molar-refractivity contribution in [2.45, 2.75) is 37.9 Å². The molecule has 1 fully saturated rings. The maximum atomic E-state index is 11.6. The molecule has 0 spiro atoms. The maximum absolute atomic E-state index is 11.6. The number of nitrogen functional groups attached to an aromatic ring is 1. The molecule has 0 saturated carbocycles. The fraction of sp³-hybridized carbons (Fsp3) is 0.538. The van der Waals surface area contributed by atoms with Crippen molar-refractivity contribution >= 4 is 23.0 Å². The number of carbonyl (C=O) groups is 1. The van der Waals surface area contributed by atoms with Crippen molar-refractivity contribution in [3.05, 3.63) is 12.7 Å². The smallest absolute Gasteiger partial charge is 0.306 e. The van der Waals surface area contributed by atoms with Gasteiger partial charge in [-0.15, -0.1) is 0 Å². The van der Waals surface area contributed by atoms with E-state index in [0.29, 0.717) is 11.2 Å². The van der Waals surface area contributed by atoms with Gasteiger partial charge in [0.15, 0.2) is 23.8 Å². The van der Waals surface area contributed by atoms with Crippen LogP contribution in [0.15, 0.2) is 12.7 Å². The van der Waals surface area contributed by atoms with Gasteiger partial charge in [-0.05, 0) is 0 Å². The van der Waals surface area contributed by atoms with Crippen LogP contribution in [0.4, 0.5) is 5.82 Å². The quantitative estimate of drug-likeness (QED) is 0.602. The molecule has 3 heterocycles. The van der Waals surface area contributed by atoms with Crippen molar-refractivity contribution in [1.29, 1.82) is 0 Å². The summed E-state index contributed by atoms with van der Waals surface area (Å²) in [5.74, 6) is -0.284. The normalized spacial score (nSPS) is 27.4. The second-order valence-corrected chi connectivity index (χ2v) is 5.13. The summed E-state index contributed by atoms with van der Waals surface area (Å²) in [5.41, 5.74) is 6.50. The van der Waals surface area contributed by atoms with E-state index in [1.165, 1.54) is 17.2 Å². The van der Waals surface area contributed by atoms with E-state index in [4.69, 9.17) is 15.2 Å². The Hall–Kier alpha value is -2.30. The first-order valence-electron chi connectivity index (χ1n) is 7.13. The van der Waals surface area contributed by atoms with Gasteiger partial charge in [0.2, 0.25) is 0 Å². The van der Waals surface area contributed by atoms with Crippen LogP contribution in [0.2, 0.25) is 0 Å². The summed E-state index contributed by atoms with van der Waals surface area (Å²) in [4.78, 5) is 23.7. The Balaban J connectivity index is 2.00. The van der Waals surface area contributed by atoms with Crippen LogP contribution in [0.25, 0.3) is 11.2 Å². The maximum Gasteiger partial charge on any atom is 0.306 e. The summed E-state index contributed by atoms with van der Waals surface area (Å²) in [5, 5.41) is 19.6. The third-order valence-electron chi connectivity index (χ3n) is 3.71. The lowest BCUT2D eigenvalue weighted by Gasteiger charge is -2.21. The fourth-order valence-electron chi connectivity index (χ4n) is 2.51. The number of rotatable bonds is 4. The minimum Gasteiger partial charge on any atom is -0.455 e. The molecule has 4 N–H and O–H groups in total. The molecule has 4 atom stereocenters. The number of hydrogen-bond donors (Lipinski definition) is 3. The Bertz CT molecular complexity index is 720. The standard InChI is InChI=1S/C13H17N5O5/c1-2-7(20)23-10-9(21)6(3-19)22-13(10)18-5-17-8-11(14)15-4-16-12(8)18/h4-6,9-10,13,19,21H,2-3H2,1H3,(H2,14,15,16)/t6-,9-,10+,13+/m1/s1. The van der Waals surface area contributed by atoms with Crippen LogP contribution >= 0.6 is 0 Å². The Labute approximate surface area is 130 Å². The highest BCUT2D eigenvalue weighted by Gasteiger charge is 2.47. The van der Waals surface area contributed by atoms with E-state index in [1.807, 2.05) is 0 Å². The Morgan fingerprint density at radius 3 is 2.96 bits per heavy atom. The summed E-state index contributed by atoms with van der Waals surface area (Å²) < 4.78 is 12.4. The summed E-state index contributed by atoms with van der Waals surface area (Å²) >= 11 is 0. The van der Waals surface area contributed by atoms with Crippen LogP contribution in [0.3, 0.4) is 0 Å². The average molecular weight is 323 g/mol. The van der Waals surface area contributed by atoms with Crippen LogP contribution < -0.4 is 5.73 Å². The van der Waals surface area contributed by atoms with E-state index >= 15 is 0 Å². The molecule has 23 heavy (non-hydrogen) atoms. The topological polar surface area (TPSA) is 146 Å². The zero-order chi connectivity index (χ0) is 16.6. The van der Waals surface area contributed by atoms with Gasteiger partial charge >= 0.3 is 5.97 Å². The molecule has 0 bridgehead atoms. The van der Waals surface area contributed by atoms with E-state index in [-0.39, 0.29) is 12.2 Å². The third kappa shape index (κ3) is 2.60. The first-order valence-corrected chi connectivity index (χ1v) is 7.13. The number of carbonyl (C=O) groups excluding carboxylic acids is 1. The molecule has 124 valence electrons. The second kappa shape index (κ2) is 6.07. The summed E-state index contributed by atoms with van der Waals surface area (Å²) in [7, 11) is 0. The Morgan fingerprint density at radius 2 is 2.26 bits per heavy atom. The molecule has 0 amide bonds. The molecule has 1 aliphatic rings. The van der Waals surface area contributed by atoms with Gasteiger partial charge in [-0.3, -0.25) is 9.36 Å². The number of aliphatic hydroxyl groups excluding tert-OH is 2. The molecule has 1 aliphatic heterocycles. The van der Waals surface area contributed by atoms with Crippen LogP contribution in [-0.4, -0.2) is 60.6 Å². The first kappa shape index (κ1) is 15.6. The molecular formula is C13H17N5O5. The number of imidazole rings is 1. The van der Waals surface area contributed by atoms with Crippen LogP contribution in [0, 0.1) is 0 Å². The lowest BCUT2D eigenvalue weighted by molar-refractivity contribution is -0.158. The number of nitrogens with two attached hydrogens (primary N) is 1. The van der Waals surface area contributed by atoms with Crippen molar-refractivity contribution in [2.75, 3.05) is 12.3 Å². The molecule has 1 saturated heterocycles. The van der Waals surface area contributed by atoms with Crippen molar-refractivity contribution in [1.82, 2.24) is 19.5 Å². The van der Waals surface area contributed by atoms with E-state index < -0.39 is 37.1 Å². The lowest BCUT2D eigenvalue weighted by atomic mass is 10.1. The van der Waals surface area contributed by atoms with E-state index in [1.54, 1.807) is 6.92 Å². The lowest BCUT2D eigenvalue weighted by Crippen LogP contribution is -2.36. The predicted octanol–water partition coefficient (Wildman–Crippen LogP) is -1.02. The number of aromatic nitrogens is 4. The highest BCUT2D eigenvalue weighted by Crippen LogP contribution is 2.34. The van der Waals surface area contributed by atoms with E-state index in [2.05, 4.69) is 15.0 Å². The van der Waals surface area contributed by atoms with Gasteiger partial charge in [0.05, 0.1) is 12.9 Å². The molecule has 2 aromatic heterocycles. The fourth-order valence-corrected chi connectivity index (χ4v) is 2.51. The van der Waals surface area contributed by atoms with Crippen molar-refractivity contribution < 1.29 is 24.5 Å². The van der Waals surface area contributed by atoms with E-state index in [9.17, 15) is 15.0 Å². The van der Waals surface area contributed by atoms with Crippen LogP contribution in [0.5, 0.6) is 0 Å². The van der Waals surface area contributed by atoms with Gasteiger partial charge in [0.1, 0.15) is 24.1 Å². The first-order chi connectivity index (χ1) is 11.1. The highest BCUT2D eigenvalue weighted by atomic mass is 16.6. The Morgan fingerprint density at radius 1 is 1.48 bits per heavy atom. The summed E-state index contributed by atoms with van der Waals surface area (Å²) in [6, 6.07) is 0. The number of fused-ring (bicyclic) bond motifs is 1. The van der Waals surface area contributed by atoms with Gasteiger partial charge in [-0.2, -0.15) is 0 Å². The molecule has 2 aromatic rings. The van der Waals surface area contributed by atoms with Gasteiger partial charge < -0.3 is 25.4 Å². The van der Waals surface area contributed by atoms with Crippen LogP contribution in [-0.2, 0) is 14.3 Å². The SMILES string of the molecule is CCC(=O)O[C@H]1[C@H](O)[C@@H](CO)O[C@@H]1n1cnc2c(N)ncnc21. The number of nitrogens with zero attached hydrogens (tertiary/aromatic N) is 4. The Kier molecular flexibility index (Phi) is 4.11. The minimum absolute atomic E-state index is 0.152. The van der Waals surface area contributed by atoms with Gasteiger partial charge in [-0.25, -0.2) is 15.0 Å². The molecule has 10 heteroatoms. The highest BCUT2D eigenvalue weighted by molar-refractivity contribution is 5.81. The largest absolute Gasteiger partial charge is 0.455 e. The van der Waals surface area contributed by atoms with Crippen molar-refractivity contribution in [3.63, 3.8) is 0 Å². The number of esters is 1. The van der Waals surface area contributed by atoms with Gasteiger partial charge in [-0.1, -0.05) is 6.92 Å². The zero-order valence-corrected chi connectivity index (χ0v) is 12.4. The van der Waals surface area contributed by atoms with Crippen LogP contribution in [0.1, 0.15) is 19.6 Å². The number of hydrogen-bond acceptors (Lipinski definition) is 9. The zero-order valence-electron chi connectivity index (χ0n) is 12.4. The predicted molar refractivity (Wildman–Crippen MR) is 76.9 cm³/mol. The summed E-state index contributed by atoms with van der Waals surface area (Å²) in [6.07, 6.45) is -1.08. The molecule has 0 aliphatic carbocycles. The van der Waals surface area contributed by atoms with E-state index in [0.717, 1.165) is 0 Å². The third-order valence-corrected chi connectivity index (χ3v) is 3.71. The molecule has 0 aromatic carbocycles. The number of ether oxygens (including phenoxy) is 2. The van der Waals surface area contributed by atoms with Crippen molar-refractivity contribution in [3.8, 4) is 0 Å². The van der Waals surface area contributed by atoms with Crippen molar-refractivity contribution in [2.24, 2.45) is 0 Å². The molecule has 0 radical (unpaired) electrons. The molecule has 0 unspecified atom stereocenters. The van der Waals surface area contributed by atoms with Gasteiger partial charge in [0.25, 0.3) is 0 Å². The monoisotopic (exact) mass is 323 g/mol. The minimum atomic E-state index is -1.17. The summed E-state index contributed by atoms with van der Waals surface area (Å²) in [6.45, 7) is 1.23. The average Bonchev–Trinajstić information content (AvgIpc) is 3.10. The second-order valence-electron chi connectivity index (χ2n) is 5.13. The number of aliphatic hydroxyl groups is 2. The molecule has 10 nitrogen and oxygen atoms in total.